The van der Waals surface area contributed by atoms with Crippen LogP contribution in [0.25, 0.3) is 0 Å². The number of rotatable bonds is 7. The van der Waals surface area contributed by atoms with Gasteiger partial charge in [-0.15, -0.1) is 0 Å². The first kappa shape index (κ1) is 11.5. The second-order valence-corrected chi connectivity index (χ2v) is 4.72. The third-order valence-corrected chi connectivity index (χ3v) is 3.09. The molecule has 0 heterocycles. The van der Waals surface area contributed by atoms with Gasteiger partial charge in [-0.1, -0.05) is 49.2 Å². The molecular weight excluding hydrogens is 186 g/mol. The highest BCUT2D eigenvalue weighted by molar-refractivity contribution is 6.08. The van der Waals surface area contributed by atoms with Gasteiger partial charge in [0.1, 0.15) is 0 Å². The van der Waals surface area contributed by atoms with Gasteiger partial charge in [-0.25, -0.2) is 0 Å². The van der Waals surface area contributed by atoms with Crippen LogP contribution >= 0.6 is 0 Å². The van der Waals surface area contributed by atoms with Gasteiger partial charge in [-0.3, -0.25) is 0 Å². The lowest BCUT2D eigenvalue weighted by Gasteiger charge is -2.04. The van der Waals surface area contributed by atoms with E-state index in [1.165, 1.54) is 41.1 Å². The number of unbranched alkanes of at least 4 members (excludes halogenated alkanes) is 2. The van der Waals surface area contributed by atoms with E-state index in [0.717, 1.165) is 13.1 Å². The predicted molar refractivity (Wildman–Crippen MR) is 66.7 cm³/mol. The quantitative estimate of drug-likeness (QED) is 0.530. The lowest BCUT2D eigenvalue weighted by molar-refractivity contribution is 0.617. The van der Waals surface area contributed by atoms with Gasteiger partial charge in [-0.05, 0) is 18.5 Å². The van der Waals surface area contributed by atoms with Gasteiger partial charge < -0.3 is 5.32 Å². The minimum absolute atomic E-state index is 1.02. The highest BCUT2D eigenvalue weighted by atomic mass is 28.1. The highest BCUT2D eigenvalue weighted by Crippen LogP contribution is 1.99. The molecular formula is C12H21NSi. The summed E-state index contributed by atoms with van der Waals surface area (Å²) >= 11 is 0. The Kier molecular flexibility index (Phi) is 6.37. The molecule has 0 amide bonds. The second-order valence-electron chi connectivity index (χ2n) is 3.72. The molecule has 0 saturated heterocycles. The summed E-state index contributed by atoms with van der Waals surface area (Å²) < 4.78 is 0. The molecule has 1 aromatic rings. The van der Waals surface area contributed by atoms with Crippen LogP contribution in [-0.4, -0.2) is 16.8 Å². The highest BCUT2D eigenvalue weighted by Gasteiger charge is 1.90. The molecule has 0 bridgehead atoms. The van der Waals surface area contributed by atoms with Crippen molar-refractivity contribution in [3.8, 4) is 0 Å². The van der Waals surface area contributed by atoms with Crippen molar-refractivity contribution in [2.45, 2.75) is 31.9 Å². The minimum atomic E-state index is 1.02. The van der Waals surface area contributed by atoms with Gasteiger partial charge in [0.2, 0.25) is 0 Å². The van der Waals surface area contributed by atoms with Crippen LogP contribution in [0.4, 0.5) is 0 Å². The summed E-state index contributed by atoms with van der Waals surface area (Å²) in [7, 11) is 1.37. The van der Waals surface area contributed by atoms with Crippen LogP contribution in [0.15, 0.2) is 30.3 Å². The zero-order chi connectivity index (χ0) is 10.1. The van der Waals surface area contributed by atoms with Gasteiger partial charge in [0, 0.05) is 16.8 Å². The molecule has 78 valence electrons. The van der Waals surface area contributed by atoms with Crippen LogP contribution < -0.4 is 5.32 Å². The fourth-order valence-electron chi connectivity index (χ4n) is 1.51. The summed E-state index contributed by atoms with van der Waals surface area (Å²) in [6.45, 7) is 2.18. The maximum absolute atomic E-state index is 3.47. The Labute approximate surface area is 90.3 Å². The van der Waals surface area contributed by atoms with Crippen molar-refractivity contribution in [1.29, 1.82) is 0 Å². The average molecular weight is 207 g/mol. The number of benzene rings is 1. The average Bonchev–Trinajstić information content (AvgIpc) is 2.25. The molecule has 0 aliphatic carbocycles. The van der Waals surface area contributed by atoms with E-state index in [1.807, 2.05) is 0 Å². The molecule has 0 unspecified atom stereocenters. The fraction of sp³-hybridized carbons (Fsp3) is 0.500. The Hall–Kier alpha value is -0.603. The van der Waals surface area contributed by atoms with E-state index in [9.17, 15) is 0 Å². The van der Waals surface area contributed by atoms with Crippen molar-refractivity contribution in [1.82, 2.24) is 5.32 Å². The molecule has 1 N–H and O–H groups in total. The molecule has 1 rings (SSSR count). The van der Waals surface area contributed by atoms with E-state index >= 15 is 0 Å². The van der Waals surface area contributed by atoms with E-state index in [0.29, 0.717) is 0 Å². The summed E-state index contributed by atoms with van der Waals surface area (Å²) in [4.78, 5) is 0. The van der Waals surface area contributed by atoms with Crippen LogP contribution in [0.1, 0.15) is 24.8 Å². The normalized spacial score (nSPS) is 10.6. The molecule has 0 aromatic heterocycles. The first-order valence-corrected chi connectivity index (χ1v) is 7.09. The van der Waals surface area contributed by atoms with E-state index in [2.05, 4.69) is 35.6 Å². The first-order valence-electron chi connectivity index (χ1n) is 5.68. The lowest BCUT2D eigenvalue weighted by Crippen LogP contribution is -2.14. The zero-order valence-corrected chi connectivity index (χ0v) is 11.1. The van der Waals surface area contributed by atoms with Crippen LogP contribution in [0.2, 0.25) is 6.04 Å². The van der Waals surface area contributed by atoms with Crippen molar-refractivity contribution in [3.05, 3.63) is 35.9 Å². The summed E-state index contributed by atoms with van der Waals surface area (Å²) in [5, 5.41) is 3.47. The first-order chi connectivity index (χ1) is 6.93. The standard InChI is InChI=1S/C12H21NSi/c14-10-6-2-5-9-13-11-12-7-3-1-4-8-12/h1,3-4,7-8,13H,2,5-6,9-11H2,14H3. The molecule has 1 nitrogen and oxygen atoms in total. The van der Waals surface area contributed by atoms with Gasteiger partial charge in [0.05, 0.1) is 0 Å². The van der Waals surface area contributed by atoms with Crippen molar-refractivity contribution in [2.24, 2.45) is 0 Å². The molecule has 1 aromatic carbocycles. The third-order valence-electron chi connectivity index (χ3n) is 2.38. The molecule has 14 heavy (non-hydrogen) atoms. The van der Waals surface area contributed by atoms with Crippen LogP contribution in [0.5, 0.6) is 0 Å². The fourth-order valence-corrected chi connectivity index (χ4v) is 2.01. The smallest absolute Gasteiger partial charge is 0.0205 e. The number of nitrogens with one attached hydrogen (secondary N) is 1. The van der Waals surface area contributed by atoms with E-state index in [-0.39, 0.29) is 0 Å². The summed E-state index contributed by atoms with van der Waals surface area (Å²) in [6, 6.07) is 12.1. The topological polar surface area (TPSA) is 12.0 Å². The van der Waals surface area contributed by atoms with Gasteiger partial charge in [0.15, 0.2) is 0 Å². The number of hydrogen-bond acceptors (Lipinski definition) is 1. The largest absolute Gasteiger partial charge is 0.313 e. The predicted octanol–water partition coefficient (Wildman–Crippen LogP) is 1.73. The summed E-state index contributed by atoms with van der Waals surface area (Å²) in [5.74, 6) is 0. The van der Waals surface area contributed by atoms with Crippen molar-refractivity contribution in [2.75, 3.05) is 6.54 Å². The molecule has 0 fully saturated rings. The zero-order valence-electron chi connectivity index (χ0n) is 9.13. The van der Waals surface area contributed by atoms with Gasteiger partial charge in [-0.2, -0.15) is 0 Å². The maximum atomic E-state index is 3.47. The second kappa shape index (κ2) is 7.77. The van der Waals surface area contributed by atoms with E-state index in [1.54, 1.807) is 0 Å². The Morgan fingerprint density at radius 3 is 2.50 bits per heavy atom. The van der Waals surface area contributed by atoms with Gasteiger partial charge in [0.25, 0.3) is 0 Å². The van der Waals surface area contributed by atoms with Crippen LogP contribution in [0.3, 0.4) is 0 Å². The molecule has 0 aliphatic rings. The Morgan fingerprint density at radius 2 is 1.79 bits per heavy atom. The van der Waals surface area contributed by atoms with E-state index < -0.39 is 0 Å². The molecule has 0 atom stereocenters. The number of hydrogen-bond donors (Lipinski definition) is 1. The van der Waals surface area contributed by atoms with Crippen molar-refractivity contribution < 1.29 is 0 Å². The van der Waals surface area contributed by atoms with Crippen LogP contribution in [-0.2, 0) is 6.54 Å². The molecule has 0 aliphatic heterocycles. The maximum Gasteiger partial charge on any atom is 0.0205 e. The molecule has 0 spiro atoms. The van der Waals surface area contributed by atoms with Crippen molar-refractivity contribution >= 4 is 10.2 Å². The third kappa shape index (κ3) is 5.20. The lowest BCUT2D eigenvalue weighted by atomic mass is 10.2. The van der Waals surface area contributed by atoms with E-state index in [4.69, 9.17) is 0 Å². The SMILES string of the molecule is [SiH3]CCCCCNCc1ccccc1. The Balaban J connectivity index is 1.99. The summed E-state index contributed by atoms with van der Waals surface area (Å²) in [6.07, 6.45) is 4.15. The molecule has 0 radical (unpaired) electrons. The Morgan fingerprint density at radius 1 is 1.00 bits per heavy atom. The van der Waals surface area contributed by atoms with Gasteiger partial charge >= 0.3 is 0 Å². The molecule has 2 heteroatoms. The monoisotopic (exact) mass is 207 g/mol. The Bertz CT molecular complexity index is 223. The summed E-state index contributed by atoms with van der Waals surface area (Å²) in [5.41, 5.74) is 1.38. The van der Waals surface area contributed by atoms with Crippen LogP contribution in [0, 0.1) is 0 Å². The molecule has 0 saturated carbocycles. The minimum Gasteiger partial charge on any atom is -0.313 e. The van der Waals surface area contributed by atoms with Crippen molar-refractivity contribution in [3.63, 3.8) is 0 Å².